The van der Waals surface area contributed by atoms with Crippen LogP contribution >= 0.6 is 0 Å². The molecule has 0 saturated carbocycles. The van der Waals surface area contributed by atoms with E-state index >= 15 is 0 Å². The molecule has 0 aliphatic carbocycles. The van der Waals surface area contributed by atoms with E-state index in [-0.39, 0.29) is 5.54 Å². The summed E-state index contributed by atoms with van der Waals surface area (Å²) < 4.78 is 5.56. The van der Waals surface area contributed by atoms with E-state index in [1.807, 2.05) is 6.07 Å². The molecule has 1 aromatic rings. The fourth-order valence-corrected chi connectivity index (χ4v) is 2.32. The van der Waals surface area contributed by atoms with Gasteiger partial charge in [-0.1, -0.05) is 30.0 Å². The minimum atomic E-state index is 0.0760. The summed E-state index contributed by atoms with van der Waals surface area (Å²) in [5.74, 6) is 6.09. The Balaban J connectivity index is 2.18. The summed E-state index contributed by atoms with van der Waals surface area (Å²) in [6.45, 7) is 8.30. The number of morpholine rings is 1. The number of ether oxygens (including phenoxy) is 1. The van der Waals surface area contributed by atoms with Crippen molar-refractivity contribution in [3.63, 3.8) is 0 Å². The van der Waals surface area contributed by atoms with Gasteiger partial charge < -0.3 is 10.5 Å². The summed E-state index contributed by atoms with van der Waals surface area (Å²) in [6, 6.07) is 8.29. The molecule has 1 aliphatic heterocycles. The number of hydrogen-bond acceptors (Lipinski definition) is 3. The van der Waals surface area contributed by atoms with E-state index in [9.17, 15) is 0 Å². The van der Waals surface area contributed by atoms with Gasteiger partial charge in [-0.05, 0) is 25.5 Å². The standard InChI is InChI=1S/C16H22N2O/c1-16(2)13-19-11-10-18(16)12-15-7-4-3-6-14(15)8-5-9-17/h3-4,6-7H,9-13,17H2,1-2H3. The second kappa shape index (κ2) is 6.21. The van der Waals surface area contributed by atoms with Crippen molar-refractivity contribution in [1.82, 2.24) is 4.90 Å². The molecule has 0 spiro atoms. The zero-order valence-corrected chi connectivity index (χ0v) is 11.8. The van der Waals surface area contributed by atoms with Gasteiger partial charge in [0.2, 0.25) is 0 Å². The van der Waals surface area contributed by atoms with Gasteiger partial charge in [-0.25, -0.2) is 0 Å². The van der Waals surface area contributed by atoms with Crippen molar-refractivity contribution in [3.05, 3.63) is 35.4 Å². The van der Waals surface area contributed by atoms with Gasteiger partial charge in [0.15, 0.2) is 0 Å². The van der Waals surface area contributed by atoms with Gasteiger partial charge in [-0.3, -0.25) is 4.90 Å². The van der Waals surface area contributed by atoms with Crippen LogP contribution in [0.4, 0.5) is 0 Å². The SMILES string of the molecule is CC1(C)COCCN1Cc1ccccc1C#CCN. The molecule has 102 valence electrons. The van der Waals surface area contributed by atoms with Crippen LogP contribution in [0.15, 0.2) is 24.3 Å². The van der Waals surface area contributed by atoms with E-state index in [2.05, 4.69) is 48.8 Å². The van der Waals surface area contributed by atoms with E-state index in [0.717, 1.165) is 31.9 Å². The van der Waals surface area contributed by atoms with Gasteiger partial charge in [-0.15, -0.1) is 0 Å². The molecule has 0 bridgehead atoms. The van der Waals surface area contributed by atoms with Gasteiger partial charge in [0.25, 0.3) is 0 Å². The summed E-state index contributed by atoms with van der Waals surface area (Å²) >= 11 is 0. The Labute approximate surface area is 115 Å². The Morgan fingerprint density at radius 2 is 2.16 bits per heavy atom. The van der Waals surface area contributed by atoms with E-state index in [4.69, 9.17) is 10.5 Å². The molecule has 1 fully saturated rings. The van der Waals surface area contributed by atoms with Crippen LogP contribution in [0.1, 0.15) is 25.0 Å². The summed E-state index contributed by atoms with van der Waals surface area (Å²) in [6.07, 6.45) is 0. The number of hydrogen-bond donors (Lipinski definition) is 1. The molecule has 1 aromatic carbocycles. The number of rotatable bonds is 2. The van der Waals surface area contributed by atoms with Crippen LogP contribution in [-0.2, 0) is 11.3 Å². The van der Waals surface area contributed by atoms with Crippen molar-refractivity contribution >= 4 is 0 Å². The quantitative estimate of drug-likeness (QED) is 0.819. The Bertz CT molecular complexity index is 485. The second-order valence-electron chi connectivity index (χ2n) is 5.45. The topological polar surface area (TPSA) is 38.5 Å². The second-order valence-corrected chi connectivity index (χ2v) is 5.45. The average molecular weight is 258 g/mol. The lowest BCUT2D eigenvalue weighted by Gasteiger charge is -2.42. The van der Waals surface area contributed by atoms with Crippen molar-refractivity contribution in [2.24, 2.45) is 5.73 Å². The summed E-state index contributed by atoms with van der Waals surface area (Å²) in [4.78, 5) is 2.46. The molecule has 19 heavy (non-hydrogen) atoms. The van der Waals surface area contributed by atoms with E-state index in [1.54, 1.807) is 0 Å². The molecule has 0 aromatic heterocycles. The summed E-state index contributed by atoms with van der Waals surface area (Å²) in [7, 11) is 0. The minimum absolute atomic E-state index is 0.0760. The van der Waals surface area contributed by atoms with Crippen LogP contribution in [0.25, 0.3) is 0 Å². The summed E-state index contributed by atoms with van der Waals surface area (Å²) in [5.41, 5.74) is 7.87. The predicted octanol–water partition coefficient (Wildman–Crippen LogP) is 1.61. The van der Waals surface area contributed by atoms with Gasteiger partial charge in [0, 0.05) is 24.2 Å². The highest BCUT2D eigenvalue weighted by molar-refractivity contribution is 5.41. The molecule has 1 heterocycles. The summed E-state index contributed by atoms with van der Waals surface area (Å²) in [5, 5.41) is 0. The molecule has 0 radical (unpaired) electrons. The first-order chi connectivity index (χ1) is 9.13. The molecule has 1 aliphatic rings. The Kier molecular flexibility index (Phi) is 4.60. The molecular weight excluding hydrogens is 236 g/mol. The molecule has 2 N–H and O–H groups in total. The van der Waals surface area contributed by atoms with Crippen molar-refractivity contribution in [2.45, 2.75) is 25.9 Å². The van der Waals surface area contributed by atoms with Crippen LogP contribution in [-0.4, -0.2) is 36.7 Å². The zero-order valence-electron chi connectivity index (χ0n) is 11.8. The maximum absolute atomic E-state index is 5.56. The Morgan fingerprint density at radius 1 is 1.37 bits per heavy atom. The van der Waals surface area contributed by atoms with Crippen LogP contribution in [0.2, 0.25) is 0 Å². The Morgan fingerprint density at radius 3 is 2.89 bits per heavy atom. The molecule has 0 unspecified atom stereocenters. The first-order valence-electron chi connectivity index (χ1n) is 6.73. The van der Waals surface area contributed by atoms with Crippen LogP contribution in [0, 0.1) is 11.8 Å². The van der Waals surface area contributed by atoms with Crippen molar-refractivity contribution in [2.75, 3.05) is 26.3 Å². The van der Waals surface area contributed by atoms with E-state index in [1.165, 1.54) is 5.56 Å². The molecule has 3 nitrogen and oxygen atoms in total. The third-order valence-electron chi connectivity index (χ3n) is 3.52. The van der Waals surface area contributed by atoms with Gasteiger partial charge >= 0.3 is 0 Å². The van der Waals surface area contributed by atoms with Gasteiger partial charge in [0.1, 0.15) is 0 Å². The maximum Gasteiger partial charge on any atom is 0.0645 e. The number of nitrogens with zero attached hydrogens (tertiary/aromatic N) is 1. The van der Waals surface area contributed by atoms with E-state index in [0.29, 0.717) is 6.54 Å². The fraction of sp³-hybridized carbons (Fsp3) is 0.500. The molecule has 1 saturated heterocycles. The van der Waals surface area contributed by atoms with Gasteiger partial charge in [0.05, 0.1) is 19.8 Å². The maximum atomic E-state index is 5.56. The highest BCUT2D eigenvalue weighted by Crippen LogP contribution is 2.22. The van der Waals surface area contributed by atoms with Crippen molar-refractivity contribution < 1.29 is 4.74 Å². The smallest absolute Gasteiger partial charge is 0.0645 e. The highest BCUT2D eigenvalue weighted by Gasteiger charge is 2.30. The third kappa shape index (κ3) is 3.57. The first kappa shape index (κ1) is 14.1. The van der Waals surface area contributed by atoms with Crippen LogP contribution < -0.4 is 5.73 Å². The Hall–Kier alpha value is -1.34. The number of nitrogens with two attached hydrogens (primary N) is 1. The lowest BCUT2D eigenvalue weighted by atomic mass is 10.00. The van der Waals surface area contributed by atoms with E-state index < -0.39 is 0 Å². The first-order valence-corrected chi connectivity index (χ1v) is 6.73. The minimum Gasteiger partial charge on any atom is -0.378 e. The number of benzene rings is 1. The lowest BCUT2D eigenvalue weighted by Crippen LogP contribution is -2.52. The normalized spacial score (nSPS) is 18.7. The van der Waals surface area contributed by atoms with Crippen molar-refractivity contribution in [1.29, 1.82) is 0 Å². The molecule has 0 atom stereocenters. The molecular formula is C16H22N2O. The predicted molar refractivity (Wildman–Crippen MR) is 77.7 cm³/mol. The molecule has 3 heteroatoms. The zero-order chi connectivity index (χ0) is 13.7. The largest absolute Gasteiger partial charge is 0.378 e. The van der Waals surface area contributed by atoms with Crippen molar-refractivity contribution in [3.8, 4) is 11.8 Å². The molecule has 0 amide bonds. The molecule has 2 rings (SSSR count). The highest BCUT2D eigenvalue weighted by atomic mass is 16.5. The average Bonchev–Trinajstić information content (AvgIpc) is 2.40. The van der Waals surface area contributed by atoms with Crippen LogP contribution in [0.5, 0.6) is 0 Å². The third-order valence-corrected chi connectivity index (χ3v) is 3.52. The van der Waals surface area contributed by atoms with Gasteiger partial charge in [-0.2, -0.15) is 0 Å². The fourth-order valence-electron chi connectivity index (χ4n) is 2.32. The lowest BCUT2D eigenvalue weighted by molar-refractivity contribution is -0.0553. The monoisotopic (exact) mass is 258 g/mol. The van der Waals surface area contributed by atoms with Crippen LogP contribution in [0.3, 0.4) is 0 Å².